The van der Waals surface area contributed by atoms with Crippen molar-refractivity contribution in [2.24, 2.45) is 17.0 Å². The molecule has 0 aliphatic carbocycles. The van der Waals surface area contributed by atoms with Crippen molar-refractivity contribution >= 4 is 28.2 Å². The lowest BCUT2D eigenvalue weighted by Crippen LogP contribution is -2.38. The smallest absolute Gasteiger partial charge is 0.174 e. The van der Waals surface area contributed by atoms with E-state index in [-0.39, 0.29) is 6.04 Å². The molecule has 2 aromatic heterocycles. The molecule has 26 heavy (non-hydrogen) atoms. The molecule has 0 aromatic carbocycles. The predicted molar refractivity (Wildman–Crippen MR) is 105 cm³/mol. The number of hydrogen-bond donors (Lipinski definition) is 2. The molecular formula is C17H22N8S. The Kier molecular flexibility index (Phi) is 4.56. The van der Waals surface area contributed by atoms with Crippen LogP contribution in [-0.4, -0.2) is 50.9 Å². The van der Waals surface area contributed by atoms with Crippen molar-refractivity contribution in [1.82, 2.24) is 24.4 Å². The summed E-state index contributed by atoms with van der Waals surface area (Å²) in [6, 6.07) is 2.18. The molecule has 1 atom stereocenters. The monoisotopic (exact) mass is 370 g/mol. The minimum atomic E-state index is 0.152. The normalized spacial score (nSPS) is 19.1. The summed E-state index contributed by atoms with van der Waals surface area (Å²) in [5.41, 5.74) is 3.18. The molecule has 9 heteroatoms. The number of anilines is 1. The summed E-state index contributed by atoms with van der Waals surface area (Å²) in [6.45, 7) is 3.56. The Balaban J connectivity index is 1.63. The van der Waals surface area contributed by atoms with Gasteiger partial charge in [0.05, 0.1) is 30.2 Å². The molecule has 2 aromatic rings. The standard InChI is InChI=1S/C17H22N8S/c1-11-6-15(26-23-11)22-16-17-19-8-14(12-7-20-24(3)9-12)25(17)10-13(21-16)4-5-18-2/h6-7,9-10,14,18H,4-5,8H2,1-3H3,(H,21,22). The van der Waals surface area contributed by atoms with Gasteiger partial charge in [-0.25, -0.2) is 4.99 Å². The van der Waals surface area contributed by atoms with Crippen LogP contribution in [0.2, 0.25) is 0 Å². The molecule has 4 heterocycles. The van der Waals surface area contributed by atoms with Crippen LogP contribution >= 0.6 is 11.5 Å². The van der Waals surface area contributed by atoms with E-state index in [1.807, 2.05) is 38.0 Å². The zero-order chi connectivity index (χ0) is 18.1. The fourth-order valence-electron chi connectivity index (χ4n) is 3.10. The number of hydrogen-bond acceptors (Lipinski definition) is 8. The van der Waals surface area contributed by atoms with Crippen molar-refractivity contribution < 1.29 is 0 Å². The highest BCUT2D eigenvalue weighted by Gasteiger charge is 2.34. The summed E-state index contributed by atoms with van der Waals surface area (Å²) in [7, 11) is 3.89. The highest BCUT2D eigenvalue weighted by atomic mass is 32.1. The van der Waals surface area contributed by atoms with Crippen molar-refractivity contribution in [2.75, 3.05) is 25.5 Å². The van der Waals surface area contributed by atoms with Gasteiger partial charge in [-0.2, -0.15) is 9.47 Å². The van der Waals surface area contributed by atoms with Gasteiger partial charge in [0, 0.05) is 38.0 Å². The second-order valence-corrected chi connectivity index (χ2v) is 7.23. The van der Waals surface area contributed by atoms with E-state index in [9.17, 15) is 0 Å². The van der Waals surface area contributed by atoms with E-state index in [4.69, 9.17) is 9.98 Å². The van der Waals surface area contributed by atoms with Gasteiger partial charge in [-0.3, -0.25) is 9.67 Å². The quantitative estimate of drug-likeness (QED) is 0.840. The minimum Gasteiger partial charge on any atom is -0.328 e. The first-order valence-electron chi connectivity index (χ1n) is 8.60. The zero-order valence-electron chi connectivity index (χ0n) is 15.1. The highest BCUT2D eigenvalue weighted by molar-refractivity contribution is 7.10. The van der Waals surface area contributed by atoms with Crippen molar-refractivity contribution in [2.45, 2.75) is 19.4 Å². The van der Waals surface area contributed by atoms with Crippen LogP contribution < -0.4 is 10.6 Å². The Labute approximate surface area is 156 Å². The largest absolute Gasteiger partial charge is 0.328 e. The Morgan fingerprint density at radius 2 is 2.27 bits per heavy atom. The van der Waals surface area contributed by atoms with E-state index < -0.39 is 0 Å². The summed E-state index contributed by atoms with van der Waals surface area (Å²) in [4.78, 5) is 11.8. The maximum atomic E-state index is 4.81. The molecule has 8 nitrogen and oxygen atoms in total. The molecule has 1 unspecified atom stereocenters. The lowest BCUT2D eigenvalue weighted by molar-refractivity contribution is 0.452. The third kappa shape index (κ3) is 3.27. The van der Waals surface area contributed by atoms with Crippen molar-refractivity contribution in [3.8, 4) is 0 Å². The number of nitrogens with one attached hydrogen (secondary N) is 2. The second kappa shape index (κ2) is 7.00. The Bertz CT molecular complexity index is 890. The maximum absolute atomic E-state index is 4.81. The molecule has 2 aliphatic heterocycles. The second-order valence-electron chi connectivity index (χ2n) is 6.43. The number of amidine groups is 2. The van der Waals surface area contributed by atoms with Crippen LogP contribution in [0.1, 0.15) is 23.7 Å². The first-order valence-corrected chi connectivity index (χ1v) is 9.37. The van der Waals surface area contributed by atoms with E-state index in [0.717, 1.165) is 46.6 Å². The van der Waals surface area contributed by atoms with Crippen LogP contribution in [0.5, 0.6) is 0 Å². The summed E-state index contributed by atoms with van der Waals surface area (Å²) >= 11 is 1.44. The Morgan fingerprint density at radius 3 is 2.96 bits per heavy atom. The predicted octanol–water partition coefficient (Wildman–Crippen LogP) is 1.92. The molecule has 0 amide bonds. The molecular weight excluding hydrogens is 348 g/mol. The van der Waals surface area contributed by atoms with Gasteiger partial charge in [-0.05, 0) is 31.6 Å². The van der Waals surface area contributed by atoms with Gasteiger partial charge in [-0.15, -0.1) is 0 Å². The van der Waals surface area contributed by atoms with Gasteiger partial charge in [-0.1, -0.05) is 0 Å². The van der Waals surface area contributed by atoms with Gasteiger partial charge in [0.1, 0.15) is 5.00 Å². The van der Waals surface area contributed by atoms with Crippen molar-refractivity contribution in [3.63, 3.8) is 0 Å². The molecule has 2 N–H and O–H groups in total. The van der Waals surface area contributed by atoms with Gasteiger partial charge in [0.25, 0.3) is 0 Å². The molecule has 0 saturated heterocycles. The van der Waals surface area contributed by atoms with E-state index in [1.54, 1.807) is 0 Å². The lowest BCUT2D eigenvalue weighted by atomic mass is 10.1. The molecule has 2 aliphatic rings. The minimum absolute atomic E-state index is 0.152. The molecule has 0 saturated carbocycles. The van der Waals surface area contributed by atoms with Crippen LogP contribution in [0.3, 0.4) is 0 Å². The number of aliphatic imine (C=N–C) groups is 2. The van der Waals surface area contributed by atoms with Crippen LogP contribution in [0.25, 0.3) is 0 Å². The third-order valence-corrected chi connectivity index (χ3v) is 5.16. The summed E-state index contributed by atoms with van der Waals surface area (Å²) in [6.07, 6.45) is 6.93. The van der Waals surface area contributed by atoms with Crippen LogP contribution in [0, 0.1) is 6.92 Å². The van der Waals surface area contributed by atoms with E-state index >= 15 is 0 Å². The third-order valence-electron chi connectivity index (χ3n) is 4.36. The number of fused-ring (bicyclic) bond motifs is 1. The van der Waals surface area contributed by atoms with Gasteiger partial charge >= 0.3 is 0 Å². The van der Waals surface area contributed by atoms with Crippen LogP contribution in [0.4, 0.5) is 5.00 Å². The number of rotatable bonds is 5. The van der Waals surface area contributed by atoms with Crippen LogP contribution in [-0.2, 0) is 7.05 Å². The fraction of sp³-hybridized carbons (Fsp3) is 0.412. The lowest BCUT2D eigenvalue weighted by Gasteiger charge is -2.28. The topological polar surface area (TPSA) is 82.7 Å². The van der Waals surface area contributed by atoms with Gasteiger partial charge in [0.2, 0.25) is 0 Å². The van der Waals surface area contributed by atoms with E-state index in [1.165, 1.54) is 11.5 Å². The zero-order valence-corrected chi connectivity index (χ0v) is 15.9. The Morgan fingerprint density at radius 1 is 1.38 bits per heavy atom. The van der Waals surface area contributed by atoms with Crippen molar-refractivity contribution in [1.29, 1.82) is 0 Å². The fourth-order valence-corrected chi connectivity index (χ4v) is 3.76. The molecule has 0 radical (unpaired) electrons. The molecule has 136 valence electrons. The van der Waals surface area contributed by atoms with E-state index in [0.29, 0.717) is 6.54 Å². The molecule has 0 spiro atoms. The molecule has 0 fully saturated rings. The van der Waals surface area contributed by atoms with Gasteiger partial charge < -0.3 is 15.5 Å². The van der Waals surface area contributed by atoms with Crippen molar-refractivity contribution in [3.05, 3.63) is 41.6 Å². The average molecular weight is 370 g/mol. The van der Waals surface area contributed by atoms with Crippen LogP contribution in [0.15, 0.2) is 40.3 Å². The number of aromatic nitrogens is 3. The average Bonchev–Trinajstić information content (AvgIpc) is 3.33. The molecule has 4 rings (SSSR count). The number of aryl methyl sites for hydroxylation is 2. The SMILES string of the molecule is CNCCC1=CN2C(=NCC2c2cnn(C)c2)C(Nc2cc(C)ns2)=N1. The number of nitrogens with zero attached hydrogens (tertiary/aromatic N) is 6. The summed E-state index contributed by atoms with van der Waals surface area (Å²) in [5, 5.41) is 11.9. The first-order chi connectivity index (χ1) is 12.6. The maximum Gasteiger partial charge on any atom is 0.174 e. The summed E-state index contributed by atoms with van der Waals surface area (Å²) < 4.78 is 6.17. The first kappa shape index (κ1) is 16.9. The van der Waals surface area contributed by atoms with E-state index in [2.05, 4.69) is 37.4 Å². The Hall–Kier alpha value is -2.52. The van der Waals surface area contributed by atoms with Gasteiger partial charge in [0.15, 0.2) is 11.7 Å². The summed E-state index contributed by atoms with van der Waals surface area (Å²) in [5.74, 6) is 1.66. The molecule has 0 bridgehead atoms. The highest BCUT2D eigenvalue weighted by Crippen LogP contribution is 2.31.